The minimum absolute atomic E-state index is 0. The van der Waals surface area contributed by atoms with Gasteiger partial charge in [-0.3, -0.25) is 0 Å². The molecule has 0 saturated heterocycles. The van der Waals surface area contributed by atoms with E-state index in [-0.39, 0.29) is 18.2 Å². The summed E-state index contributed by atoms with van der Waals surface area (Å²) in [5, 5.41) is 0. The summed E-state index contributed by atoms with van der Waals surface area (Å²) >= 11 is 0. The second-order valence-electron chi connectivity index (χ2n) is 1.85. The number of nitrogens with two attached hydrogens (primary N) is 1. The molecule has 4 nitrogen and oxygen atoms in total. The average molecular weight is 190 g/mol. The Balaban J connectivity index is 0. The number of hydrogen-bond donors (Lipinski definition) is 1. The Kier molecular flexibility index (Phi) is 7.56. The lowest BCUT2D eigenvalue weighted by Gasteiger charge is -1.94. The fraction of sp³-hybridized carbons (Fsp3) is 1.00. The van der Waals surface area contributed by atoms with E-state index < -0.39 is 9.84 Å². The standard InChI is InChI=1S/C4H11NO3S.ClH/c1-9(6,7)4-2-3-8-5;/h2-5H2,1H3;1H. The van der Waals surface area contributed by atoms with Crippen molar-refractivity contribution in [3.63, 3.8) is 0 Å². The first-order chi connectivity index (χ1) is 4.06. The van der Waals surface area contributed by atoms with Crippen LogP contribution in [0, 0.1) is 0 Å². The maximum atomic E-state index is 10.4. The van der Waals surface area contributed by atoms with Crippen molar-refractivity contribution in [3.05, 3.63) is 0 Å². The molecule has 0 atom stereocenters. The summed E-state index contributed by atoms with van der Waals surface area (Å²) in [5.74, 6) is 4.81. The van der Waals surface area contributed by atoms with Crippen molar-refractivity contribution in [2.24, 2.45) is 5.90 Å². The monoisotopic (exact) mass is 189 g/mol. The number of hydrogen-bond acceptors (Lipinski definition) is 4. The van der Waals surface area contributed by atoms with Crippen molar-refractivity contribution in [1.29, 1.82) is 0 Å². The average Bonchev–Trinajstić information content (AvgIpc) is 1.63. The van der Waals surface area contributed by atoms with Gasteiger partial charge in [-0.25, -0.2) is 14.3 Å². The minimum Gasteiger partial charge on any atom is -0.305 e. The lowest BCUT2D eigenvalue weighted by Crippen LogP contribution is -2.08. The van der Waals surface area contributed by atoms with Gasteiger partial charge in [-0.15, -0.1) is 12.4 Å². The highest BCUT2D eigenvalue weighted by molar-refractivity contribution is 7.90. The van der Waals surface area contributed by atoms with E-state index in [0.717, 1.165) is 0 Å². The molecule has 0 radical (unpaired) electrons. The zero-order valence-corrected chi connectivity index (χ0v) is 7.37. The third-order valence-electron chi connectivity index (χ3n) is 0.777. The summed E-state index contributed by atoms with van der Waals surface area (Å²) < 4.78 is 20.8. The summed E-state index contributed by atoms with van der Waals surface area (Å²) in [6.07, 6.45) is 1.65. The molecule has 0 aromatic heterocycles. The zero-order valence-electron chi connectivity index (χ0n) is 5.74. The van der Waals surface area contributed by atoms with Gasteiger partial charge in [0.25, 0.3) is 0 Å². The van der Waals surface area contributed by atoms with E-state index >= 15 is 0 Å². The molecular formula is C4H12ClNO3S. The van der Waals surface area contributed by atoms with Gasteiger partial charge in [-0.1, -0.05) is 0 Å². The normalized spacial score (nSPS) is 10.6. The van der Waals surface area contributed by atoms with E-state index in [1.165, 1.54) is 6.26 Å². The van der Waals surface area contributed by atoms with Crippen molar-refractivity contribution in [2.45, 2.75) is 6.42 Å². The van der Waals surface area contributed by atoms with Gasteiger partial charge in [-0.2, -0.15) is 0 Å². The second-order valence-corrected chi connectivity index (χ2v) is 4.11. The molecule has 0 bridgehead atoms. The fourth-order valence-corrected chi connectivity index (χ4v) is 1.05. The topological polar surface area (TPSA) is 69.4 Å². The highest BCUT2D eigenvalue weighted by atomic mass is 35.5. The van der Waals surface area contributed by atoms with Gasteiger partial charge in [-0.05, 0) is 6.42 Å². The lowest BCUT2D eigenvalue weighted by molar-refractivity contribution is 0.139. The van der Waals surface area contributed by atoms with Crippen molar-refractivity contribution in [1.82, 2.24) is 0 Å². The SMILES string of the molecule is CS(=O)(=O)CCCON.Cl. The van der Waals surface area contributed by atoms with Gasteiger partial charge in [0.1, 0.15) is 9.84 Å². The lowest BCUT2D eigenvalue weighted by atomic mass is 10.5. The maximum Gasteiger partial charge on any atom is 0.147 e. The molecule has 0 fully saturated rings. The van der Waals surface area contributed by atoms with Crippen LogP contribution in [-0.2, 0) is 14.7 Å². The first kappa shape index (κ1) is 12.8. The molecule has 0 amide bonds. The Labute approximate surface area is 67.0 Å². The number of rotatable bonds is 4. The molecule has 6 heteroatoms. The van der Waals surface area contributed by atoms with Crippen LogP contribution in [0.4, 0.5) is 0 Å². The molecule has 64 valence electrons. The van der Waals surface area contributed by atoms with Crippen molar-refractivity contribution in [2.75, 3.05) is 18.6 Å². The van der Waals surface area contributed by atoms with Crippen LogP contribution in [0.3, 0.4) is 0 Å². The number of sulfone groups is 1. The molecule has 0 aromatic carbocycles. The smallest absolute Gasteiger partial charge is 0.147 e. The van der Waals surface area contributed by atoms with Gasteiger partial charge in [0, 0.05) is 6.26 Å². The Morgan fingerprint density at radius 1 is 1.50 bits per heavy atom. The Morgan fingerprint density at radius 3 is 2.30 bits per heavy atom. The van der Waals surface area contributed by atoms with E-state index in [1.807, 2.05) is 0 Å². The van der Waals surface area contributed by atoms with Gasteiger partial charge in [0.05, 0.1) is 12.4 Å². The molecule has 0 unspecified atom stereocenters. The molecular weight excluding hydrogens is 178 g/mol. The molecule has 0 aliphatic rings. The van der Waals surface area contributed by atoms with Crippen LogP contribution in [0.1, 0.15) is 6.42 Å². The van der Waals surface area contributed by atoms with E-state index in [0.29, 0.717) is 13.0 Å². The van der Waals surface area contributed by atoms with Crippen LogP contribution in [-0.4, -0.2) is 27.0 Å². The van der Waals surface area contributed by atoms with Gasteiger partial charge >= 0.3 is 0 Å². The van der Waals surface area contributed by atoms with Crippen molar-refractivity contribution >= 4 is 22.2 Å². The molecule has 0 aliphatic carbocycles. The summed E-state index contributed by atoms with van der Waals surface area (Å²) in [5.41, 5.74) is 0. The van der Waals surface area contributed by atoms with Crippen LogP contribution >= 0.6 is 12.4 Å². The summed E-state index contributed by atoms with van der Waals surface area (Å²) in [4.78, 5) is 4.17. The van der Waals surface area contributed by atoms with Gasteiger partial charge < -0.3 is 4.84 Å². The minimum atomic E-state index is -2.83. The van der Waals surface area contributed by atoms with E-state index in [2.05, 4.69) is 10.7 Å². The quantitative estimate of drug-likeness (QED) is 0.489. The first-order valence-electron chi connectivity index (χ1n) is 2.55. The van der Waals surface area contributed by atoms with Gasteiger partial charge in [0.2, 0.25) is 0 Å². The van der Waals surface area contributed by atoms with Crippen LogP contribution in [0.15, 0.2) is 0 Å². The molecule has 10 heavy (non-hydrogen) atoms. The largest absolute Gasteiger partial charge is 0.305 e. The predicted molar refractivity (Wildman–Crippen MR) is 41.7 cm³/mol. The van der Waals surface area contributed by atoms with E-state index in [4.69, 9.17) is 0 Å². The molecule has 0 saturated carbocycles. The second kappa shape index (κ2) is 5.91. The highest BCUT2D eigenvalue weighted by Gasteiger charge is 1.99. The van der Waals surface area contributed by atoms with Crippen molar-refractivity contribution < 1.29 is 13.3 Å². The van der Waals surface area contributed by atoms with Crippen LogP contribution < -0.4 is 5.90 Å². The molecule has 0 heterocycles. The molecule has 0 aromatic rings. The molecule has 0 aliphatic heterocycles. The molecule has 2 N–H and O–H groups in total. The summed E-state index contributed by atoms with van der Waals surface area (Å²) in [6.45, 7) is 0.299. The molecule has 0 spiro atoms. The zero-order chi connectivity index (χ0) is 7.33. The van der Waals surface area contributed by atoms with Crippen molar-refractivity contribution in [3.8, 4) is 0 Å². The first-order valence-corrected chi connectivity index (χ1v) is 4.62. The van der Waals surface area contributed by atoms with Crippen LogP contribution in [0.5, 0.6) is 0 Å². The molecule has 0 rings (SSSR count). The number of halogens is 1. The highest BCUT2D eigenvalue weighted by Crippen LogP contribution is 1.87. The maximum absolute atomic E-state index is 10.4. The summed E-state index contributed by atoms with van der Waals surface area (Å²) in [6, 6.07) is 0. The Hall–Kier alpha value is 0.160. The Bertz CT molecular complexity index is 156. The van der Waals surface area contributed by atoms with E-state index in [1.54, 1.807) is 0 Å². The fourth-order valence-electron chi connectivity index (χ4n) is 0.404. The predicted octanol–water partition coefficient (Wildman–Crippen LogP) is -0.267. The van der Waals surface area contributed by atoms with Crippen LogP contribution in [0.2, 0.25) is 0 Å². The third-order valence-corrected chi connectivity index (χ3v) is 1.81. The van der Waals surface area contributed by atoms with E-state index in [9.17, 15) is 8.42 Å². The van der Waals surface area contributed by atoms with Gasteiger partial charge in [0.15, 0.2) is 0 Å². The third kappa shape index (κ3) is 11.0. The Morgan fingerprint density at radius 2 is 2.00 bits per heavy atom. The summed E-state index contributed by atoms with van der Waals surface area (Å²) in [7, 11) is -2.83. The van der Waals surface area contributed by atoms with Crippen LogP contribution in [0.25, 0.3) is 0 Å².